The first-order valence-corrected chi connectivity index (χ1v) is 6.61. The number of benzene rings is 1. The highest BCUT2D eigenvalue weighted by Crippen LogP contribution is 2.20. The highest BCUT2D eigenvalue weighted by atomic mass is 32.2. The molecule has 4 nitrogen and oxygen atoms in total. The van der Waals surface area contributed by atoms with Gasteiger partial charge in [0.1, 0.15) is 4.75 Å². The van der Waals surface area contributed by atoms with Gasteiger partial charge in [0.2, 0.25) is 5.04 Å². The van der Waals surface area contributed by atoms with E-state index >= 15 is 0 Å². The summed E-state index contributed by atoms with van der Waals surface area (Å²) >= 11 is -1.39. The molecule has 0 aliphatic rings. The molecule has 0 fully saturated rings. The summed E-state index contributed by atoms with van der Waals surface area (Å²) in [6, 6.07) is 6.35. The fourth-order valence-electron chi connectivity index (χ4n) is 1.29. The van der Waals surface area contributed by atoms with Gasteiger partial charge in [0.25, 0.3) is 0 Å². The topological polar surface area (TPSA) is 73.2 Å². The lowest BCUT2D eigenvalue weighted by Crippen LogP contribution is -2.34. The Morgan fingerprint density at radius 1 is 1.22 bits per heavy atom. The van der Waals surface area contributed by atoms with Crippen molar-refractivity contribution in [2.24, 2.45) is 0 Å². The summed E-state index contributed by atoms with van der Waals surface area (Å²) in [4.78, 5) is 11.3. The van der Waals surface area contributed by atoms with Crippen molar-refractivity contribution in [3.05, 3.63) is 35.4 Å². The minimum absolute atomic E-state index is 0.0684. The van der Waals surface area contributed by atoms with Crippen LogP contribution in [-0.2, 0) is 15.9 Å². The molecule has 98 valence electrons. The Kier molecular flexibility index (Phi) is 4.53. The van der Waals surface area contributed by atoms with Crippen molar-refractivity contribution in [2.45, 2.75) is 25.5 Å². The van der Waals surface area contributed by atoms with Crippen LogP contribution in [0.25, 0.3) is 0 Å². The van der Waals surface area contributed by atoms with E-state index in [1.807, 2.05) is 20.8 Å². The SMILES string of the molecule is COC(=O)c1ccc(C(=N)[S+]([O-])C(C)(C)C)cc1. The highest BCUT2D eigenvalue weighted by molar-refractivity contribution is 8.07. The number of carbonyl (C=O) groups is 1. The number of nitrogens with one attached hydrogen (secondary N) is 1. The molecule has 1 unspecified atom stereocenters. The van der Waals surface area contributed by atoms with Gasteiger partial charge >= 0.3 is 5.97 Å². The van der Waals surface area contributed by atoms with Crippen LogP contribution in [0.3, 0.4) is 0 Å². The molecule has 0 aliphatic carbocycles. The molecule has 1 aromatic carbocycles. The zero-order valence-electron chi connectivity index (χ0n) is 10.9. The van der Waals surface area contributed by atoms with E-state index in [9.17, 15) is 9.35 Å². The molecule has 0 aliphatic heterocycles. The van der Waals surface area contributed by atoms with Crippen LogP contribution in [-0.4, -0.2) is 27.4 Å². The van der Waals surface area contributed by atoms with E-state index in [1.165, 1.54) is 7.11 Å². The molecule has 1 aromatic rings. The Labute approximate surface area is 110 Å². The maximum Gasteiger partial charge on any atom is 0.337 e. The maximum atomic E-state index is 12.0. The molecule has 1 atom stereocenters. The zero-order chi connectivity index (χ0) is 13.9. The van der Waals surface area contributed by atoms with E-state index in [1.54, 1.807) is 24.3 Å². The molecule has 0 spiro atoms. The molecule has 0 aromatic heterocycles. The first kappa shape index (κ1) is 14.7. The number of ether oxygens (including phenoxy) is 1. The molecular weight excluding hydrogens is 250 g/mol. The van der Waals surface area contributed by atoms with Gasteiger partial charge in [-0.3, -0.25) is 5.41 Å². The third-order valence-corrected chi connectivity index (χ3v) is 4.03. The number of carbonyl (C=O) groups excluding carboxylic acids is 1. The molecule has 0 saturated heterocycles. The first-order chi connectivity index (χ1) is 8.27. The molecule has 0 radical (unpaired) electrons. The van der Waals surface area contributed by atoms with Gasteiger partial charge in [-0.05, 0) is 45.0 Å². The lowest BCUT2D eigenvalue weighted by atomic mass is 10.1. The number of rotatable bonds is 2. The quantitative estimate of drug-likeness (QED) is 0.387. The first-order valence-electron chi connectivity index (χ1n) is 5.46. The predicted molar refractivity (Wildman–Crippen MR) is 72.5 cm³/mol. The van der Waals surface area contributed by atoms with Gasteiger partial charge in [-0.1, -0.05) is 0 Å². The molecule has 1 rings (SSSR count). The van der Waals surface area contributed by atoms with Crippen LogP contribution >= 0.6 is 0 Å². The fraction of sp³-hybridized carbons (Fsp3) is 0.385. The van der Waals surface area contributed by atoms with E-state index in [-0.39, 0.29) is 5.04 Å². The Balaban J connectivity index is 2.92. The van der Waals surface area contributed by atoms with Gasteiger partial charge < -0.3 is 9.29 Å². The summed E-state index contributed by atoms with van der Waals surface area (Å²) in [5.41, 5.74) is 0.964. The van der Waals surface area contributed by atoms with Crippen LogP contribution in [0.4, 0.5) is 0 Å². The summed E-state index contributed by atoms with van der Waals surface area (Å²) in [5.74, 6) is -0.426. The summed E-state index contributed by atoms with van der Waals surface area (Å²) in [7, 11) is 1.31. The minimum Gasteiger partial charge on any atom is -0.610 e. The number of esters is 1. The number of hydrogen-bond donors (Lipinski definition) is 1. The van der Waals surface area contributed by atoms with Crippen LogP contribution in [0.5, 0.6) is 0 Å². The summed E-state index contributed by atoms with van der Waals surface area (Å²) in [6.45, 7) is 5.46. The maximum absolute atomic E-state index is 12.0. The van der Waals surface area contributed by atoms with Crippen LogP contribution in [0.15, 0.2) is 24.3 Å². The van der Waals surface area contributed by atoms with Crippen molar-refractivity contribution < 1.29 is 14.1 Å². The van der Waals surface area contributed by atoms with Gasteiger partial charge in [-0.15, -0.1) is 0 Å². The van der Waals surface area contributed by atoms with Crippen molar-refractivity contribution in [1.29, 1.82) is 5.41 Å². The van der Waals surface area contributed by atoms with Gasteiger partial charge in [0, 0.05) is 16.7 Å². The summed E-state index contributed by atoms with van der Waals surface area (Å²) in [5, 5.41) is 7.97. The third kappa shape index (κ3) is 3.34. The number of hydrogen-bond acceptors (Lipinski definition) is 4. The zero-order valence-corrected chi connectivity index (χ0v) is 11.8. The largest absolute Gasteiger partial charge is 0.610 e. The highest BCUT2D eigenvalue weighted by Gasteiger charge is 2.31. The molecular formula is C13H17NO3S. The molecule has 1 N–H and O–H groups in total. The van der Waals surface area contributed by atoms with E-state index in [2.05, 4.69) is 4.74 Å². The van der Waals surface area contributed by atoms with Crippen molar-refractivity contribution >= 4 is 22.2 Å². The monoisotopic (exact) mass is 267 g/mol. The smallest absolute Gasteiger partial charge is 0.337 e. The van der Waals surface area contributed by atoms with Crippen LogP contribution < -0.4 is 0 Å². The van der Waals surface area contributed by atoms with E-state index in [0.29, 0.717) is 11.1 Å². The average Bonchev–Trinajstić information content (AvgIpc) is 2.35. The molecule has 0 saturated carbocycles. The molecule has 0 amide bonds. The Bertz CT molecular complexity index is 448. The summed E-state index contributed by atoms with van der Waals surface area (Å²) in [6.07, 6.45) is 0. The van der Waals surface area contributed by atoms with Crippen molar-refractivity contribution in [2.75, 3.05) is 7.11 Å². The molecule has 0 heterocycles. The van der Waals surface area contributed by atoms with Gasteiger partial charge in [0.15, 0.2) is 0 Å². The fourth-order valence-corrected chi connectivity index (χ4v) is 2.25. The number of methoxy groups -OCH3 is 1. The second kappa shape index (κ2) is 5.54. The van der Waals surface area contributed by atoms with Crippen LogP contribution in [0.1, 0.15) is 36.7 Å². The molecule has 0 bridgehead atoms. The normalized spacial score (nSPS) is 12.9. The van der Waals surface area contributed by atoms with E-state index in [0.717, 1.165) is 0 Å². The van der Waals surface area contributed by atoms with E-state index in [4.69, 9.17) is 5.41 Å². The van der Waals surface area contributed by atoms with Crippen molar-refractivity contribution in [3.63, 3.8) is 0 Å². The van der Waals surface area contributed by atoms with Crippen LogP contribution in [0.2, 0.25) is 0 Å². The second-order valence-corrected chi connectivity index (χ2v) is 6.95. The molecule has 18 heavy (non-hydrogen) atoms. The Hall–Kier alpha value is -1.33. The predicted octanol–water partition coefficient (Wildman–Crippen LogP) is 2.35. The lowest BCUT2D eigenvalue weighted by molar-refractivity contribution is 0.0600. The minimum atomic E-state index is -1.39. The third-order valence-electron chi connectivity index (χ3n) is 2.31. The van der Waals surface area contributed by atoms with Gasteiger partial charge in [-0.25, -0.2) is 4.79 Å². The molecule has 5 heteroatoms. The van der Waals surface area contributed by atoms with Crippen molar-refractivity contribution in [1.82, 2.24) is 0 Å². The van der Waals surface area contributed by atoms with Crippen LogP contribution in [0, 0.1) is 5.41 Å². The van der Waals surface area contributed by atoms with Crippen molar-refractivity contribution in [3.8, 4) is 0 Å². The lowest BCUT2D eigenvalue weighted by Gasteiger charge is -2.23. The Morgan fingerprint density at radius 3 is 2.06 bits per heavy atom. The van der Waals surface area contributed by atoms with E-state index < -0.39 is 21.9 Å². The van der Waals surface area contributed by atoms with Gasteiger partial charge in [-0.2, -0.15) is 0 Å². The average molecular weight is 267 g/mol. The summed E-state index contributed by atoms with van der Waals surface area (Å²) < 4.78 is 16.1. The standard InChI is InChI=1S/C13H17NO3S/c1-13(2,3)18(16)11(14)9-5-7-10(8-6-9)12(15)17-4/h5-8,14H,1-4H3. The second-order valence-electron chi connectivity index (χ2n) is 4.78. The van der Waals surface area contributed by atoms with Gasteiger partial charge in [0.05, 0.1) is 12.7 Å². The Morgan fingerprint density at radius 2 is 1.67 bits per heavy atom.